The van der Waals surface area contributed by atoms with Crippen molar-refractivity contribution >= 4 is 33.7 Å². The molecule has 0 radical (unpaired) electrons. The van der Waals surface area contributed by atoms with Gasteiger partial charge in [-0.3, -0.25) is 0 Å². The molecule has 1 aliphatic rings. The predicted octanol–water partition coefficient (Wildman–Crippen LogP) is 2.82. The van der Waals surface area contributed by atoms with Crippen LogP contribution in [0.1, 0.15) is 18.4 Å². The number of hydrogen-bond acceptors (Lipinski definition) is 4. The van der Waals surface area contributed by atoms with Crippen molar-refractivity contribution < 1.29 is 0 Å². The third-order valence-corrected chi connectivity index (χ3v) is 3.90. The van der Waals surface area contributed by atoms with Gasteiger partial charge in [-0.25, -0.2) is 4.98 Å². The number of aromatic nitrogens is 1. The number of nitrogen functional groups attached to an aromatic ring is 1. The van der Waals surface area contributed by atoms with Crippen LogP contribution in [0.3, 0.4) is 0 Å². The number of hydrogen-bond donors (Lipinski definition) is 2. The fourth-order valence-electron chi connectivity index (χ4n) is 1.71. The molecule has 92 valence electrons. The fourth-order valence-corrected chi connectivity index (χ4v) is 2.58. The van der Waals surface area contributed by atoms with Gasteiger partial charge in [0.05, 0.1) is 5.69 Å². The van der Waals surface area contributed by atoms with Gasteiger partial charge < -0.3 is 11.1 Å². The lowest BCUT2D eigenvalue weighted by Crippen LogP contribution is -2.24. The van der Waals surface area contributed by atoms with Crippen molar-refractivity contribution in [1.82, 2.24) is 10.3 Å². The van der Waals surface area contributed by atoms with Crippen LogP contribution in [0, 0.1) is 0 Å². The van der Waals surface area contributed by atoms with Crippen molar-refractivity contribution in [3.05, 3.63) is 35.2 Å². The van der Waals surface area contributed by atoms with Gasteiger partial charge in [-0.05, 0) is 12.8 Å². The van der Waals surface area contributed by atoms with Crippen molar-refractivity contribution in [1.29, 1.82) is 0 Å². The summed E-state index contributed by atoms with van der Waals surface area (Å²) in [6.45, 7) is 0. The molecule has 1 saturated carbocycles. The molecule has 1 aliphatic carbocycles. The Kier molecular flexibility index (Phi) is 3.01. The number of nitrogens with one attached hydrogen (secondary N) is 1. The van der Waals surface area contributed by atoms with Gasteiger partial charge >= 0.3 is 0 Å². The topological polar surface area (TPSA) is 50.9 Å². The Morgan fingerprint density at radius 3 is 2.61 bits per heavy atom. The van der Waals surface area contributed by atoms with Gasteiger partial charge in [0.15, 0.2) is 5.13 Å². The molecular formula is C13H13N3S2. The normalized spacial score (nSPS) is 14.4. The molecule has 18 heavy (non-hydrogen) atoms. The first kappa shape index (κ1) is 11.6. The number of thiocarbonyl (C=S) groups is 1. The number of thiazole rings is 1. The smallest absolute Gasteiger partial charge is 0.180 e. The average Bonchev–Trinajstić information content (AvgIpc) is 3.09. The monoisotopic (exact) mass is 275 g/mol. The van der Waals surface area contributed by atoms with Gasteiger partial charge in [0.2, 0.25) is 0 Å². The summed E-state index contributed by atoms with van der Waals surface area (Å²) >= 11 is 6.81. The molecule has 1 aromatic carbocycles. The molecule has 2 aromatic rings. The molecule has 0 aliphatic heterocycles. The van der Waals surface area contributed by atoms with Gasteiger partial charge in [0, 0.05) is 22.5 Å². The minimum Gasteiger partial charge on any atom is -0.375 e. The van der Waals surface area contributed by atoms with Crippen molar-refractivity contribution in [2.45, 2.75) is 18.9 Å². The zero-order valence-electron chi connectivity index (χ0n) is 9.72. The lowest BCUT2D eigenvalue weighted by Gasteiger charge is -2.06. The summed E-state index contributed by atoms with van der Waals surface area (Å²) in [7, 11) is 0. The van der Waals surface area contributed by atoms with Gasteiger partial charge in [-0.15, -0.1) is 11.3 Å². The van der Waals surface area contributed by atoms with Crippen LogP contribution in [0.25, 0.3) is 11.3 Å². The van der Waals surface area contributed by atoms with Gasteiger partial charge in [-0.1, -0.05) is 36.5 Å². The van der Waals surface area contributed by atoms with Gasteiger partial charge in [-0.2, -0.15) is 0 Å². The van der Waals surface area contributed by atoms with E-state index in [1.165, 1.54) is 24.2 Å². The minimum absolute atomic E-state index is 0.593. The first-order valence-electron chi connectivity index (χ1n) is 5.85. The molecule has 0 unspecified atom stereocenters. The quantitative estimate of drug-likeness (QED) is 0.846. The highest BCUT2D eigenvalue weighted by Gasteiger charge is 2.22. The minimum atomic E-state index is 0.593. The maximum atomic E-state index is 5.63. The SMILES string of the molecule is Nc1nc(-c2ccc(C(=S)NC3CC3)cc2)cs1. The summed E-state index contributed by atoms with van der Waals surface area (Å²) in [6.07, 6.45) is 2.46. The first-order chi connectivity index (χ1) is 8.72. The van der Waals surface area contributed by atoms with E-state index in [9.17, 15) is 0 Å². The highest BCUT2D eigenvalue weighted by atomic mass is 32.1. The van der Waals surface area contributed by atoms with E-state index in [1.54, 1.807) is 0 Å². The van der Waals surface area contributed by atoms with Crippen molar-refractivity contribution in [3.63, 3.8) is 0 Å². The van der Waals surface area contributed by atoms with E-state index in [0.29, 0.717) is 11.2 Å². The number of nitrogens with zero attached hydrogens (tertiary/aromatic N) is 1. The zero-order valence-corrected chi connectivity index (χ0v) is 11.4. The highest BCUT2D eigenvalue weighted by molar-refractivity contribution is 7.80. The largest absolute Gasteiger partial charge is 0.375 e. The van der Waals surface area contributed by atoms with Crippen molar-refractivity contribution in [2.24, 2.45) is 0 Å². The van der Waals surface area contributed by atoms with Crippen molar-refractivity contribution in [3.8, 4) is 11.3 Å². The second kappa shape index (κ2) is 4.66. The Hall–Kier alpha value is -1.46. The van der Waals surface area contributed by atoms with Crippen LogP contribution >= 0.6 is 23.6 Å². The molecule has 0 spiro atoms. The molecule has 1 fully saturated rings. The Morgan fingerprint density at radius 1 is 1.33 bits per heavy atom. The second-order valence-electron chi connectivity index (χ2n) is 4.40. The summed E-state index contributed by atoms with van der Waals surface area (Å²) in [4.78, 5) is 5.10. The van der Waals surface area contributed by atoms with E-state index in [1.807, 2.05) is 29.6 Å². The molecular weight excluding hydrogens is 262 g/mol. The Morgan fingerprint density at radius 2 is 2.06 bits per heavy atom. The van der Waals surface area contributed by atoms with Gasteiger partial charge in [0.1, 0.15) is 4.99 Å². The maximum Gasteiger partial charge on any atom is 0.180 e. The standard InChI is InChI=1S/C13H13N3S2/c14-13-16-11(7-18-13)8-1-3-9(4-2-8)12(17)15-10-5-6-10/h1-4,7,10H,5-6H2,(H2,14,16)(H,15,17). The van der Waals surface area contributed by atoms with Crippen LogP contribution in [-0.2, 0) is 0 Å². The van der Waals surface area contributed by atoms with Crippen LogP contribution in [-0.4, -0.2) is 16.0 Å². The maximum absolute atomic E-state index is 5.63. The van der Waals surface area contributed by atoms with Crippen LogP contribution in [0.15, 0.2) is 29.6 Å². The zero-order chi connectivity index (χ0) is 12.5. The van der Waals surface area contributed by atoms with E-state index in [2.05, 4.69) is 10.3 Å². The first-order valence-corrected chi connectivity index (χ1v) is 7.13. The van der Waals surface area contributed by atoms with E-state index in [4.69, 9.17) is 18.0 Å². The van der Waals surface area contributed by atoms with E-state index in [0.717, 1.165) is 21.8 Å². The lowest BCUT2D eigenvalue weighted by atomic mass is 10.1. The van der Waals surface area contributed by atoms with E-state index < -0.39 is 0 Å². The number of rotatable bonds is 3. The third-order valence-electron chi connectivity index (χ3n) is 2.88. The molecule has 0 atom stereocenters. The second-order valence-corrected chi connectivity index (χ2v) is 5.69. The number of anilines is 1. The third kappa shape index (κ3) is 2.52. The van der Waals surface area contributed by atoms with E-state index >= 15 is 0 Å². The molecule has 0 amide bonds. The fraction of sp³-hybridized carbons (Fsp3) is 0.231. The lowest BCUT2D eigenvalue weighted by molar-refractivity contribution is 0.922. The predicted molar refractivity (Wildman–Crippen MR) is 79.8 cm³/mol. The molecule has 1 aromatic heterocycles. The molecule has 0 saturated heterocycles. The number of nitrogens with two attached hydrogens (primary N) is 1. The molecule has 5 heteroatoms. The molecule has 3 N–H and O–H groups in total. The molecule has 3 nitrogen and oxygen atoms in total. The summed E-state index contributed by atoms with van der Waals surface area (Å²) in [5.41, 5.74) is 8.68. The van der Waals surface area contributed by atoms with Crippen LogP contribution in [0.4, 0.5) is 5.13 Å². The molecule has 1 heterocycles. The van der Waals surface area contributed by atoms with Crippen LogP contribution in [0.5, 0.6) is 0 Å². The van der Waals surface area contributed by atoms with Crippen LogP contribution in [0.2, 0.25) is 0 Å². The van der Waals surface area contributed by atoms with Crippen molar-refractivity contribution in [2.75, 3.05) is 5.73 Å². The van der Waals surface area contributed by atoms with E-state index in [-0.39, 0.29) is 0 Å². The van der Waals surface area contributed by atoms with Gasteiger partial charge in [0.25, 0.3) is 0 Å². The highest BCUT2D eigenvalue weighted by Crippen LogP contribution is 2.24. The Bertz CT molecular complexity index is 570. The summed E-state index contributed by atoms with van der Waals surface area (Å²) in [5, 5.41) is 5.89. The Balaban J connectivity index is 1.77. The molecule has 3 rings (SSSR count). The summed E-state index contributed by atoms with van der Waals surface area (Å²) in [6, 6.07) is 8.72. The van der Waals surface area contributed by atoms with Crippen LogP contribution < -0.4 is 11.1 Å². The number of benzene rings is 1. The average molecular weight is 275 g/mol. The molecule has 0 bridgehead atoms. The summed E-state index contributed by atoms with van der Waals surface area (Å²) < 4.78 is 0. The summed E-state index contributed by atoms with van der Waals surface area (Å²) in [5.74, 6) is 0. The Labute approximate surface area is 115 Å².